The molecule has 0 spiro atoms. The van der Waals surface area contributed by atoms with Gasteiger partial charge in [-0.1, -0.05) is 152 Å². The second-order valence-corrected chi connectivity index (χ2v) is 31.0. The van der Waals surface area contributed by atoms with E-state index < -0.39 is 21.7 Å². The Labute approximate surface area is 605 Å². The summed E-state index contributed by atoms with van der Waals surface area (Å²) >= 11 is 0. The molecule has 8 atom stereocenters. The molecule has 8 heterocycles. The van der Waals surface area contributed by atoms with Gasteiger partial charge in [-0.15, -0.1) is 0 Å². The van der Waals surface area contributed by atoms with E-state index in [2.05, 4.69) is 213 Å². The minimum atomic E-state index is -0.540. The summed E-state index contributed by atoms with van der Waals surface area (Å²) in [5.74, 6) is 6.38. The van der Waals surface area contributed by atoms with E-state index in [1.807, 2.05) is 0 Å². The molecular weight excluding hydrogens is 1300 g/mol. The second-order valence-electron chi connectivity index (χ2n) is 31.0. The Hall–Kier alpha value is -8.16. The Balaban J connectivity index is 0.841. The van der Waals surface area contributed by atoms with Gasteiger partial charge in [-0.25, -0.2) is 0 Å². The van der Waals surface area contributed by atoms with Crippen molar-refractivity contribution in [1.29, 1.82) is 0 Å². The third-order valence-electron chi connectivity index (χ3n) is 21.8. The molecule has 0 aromatic heterocycles. The van der Waals surface area contributed by atoms with Crippen LogP contribution in [0.4, 0.5) is 0 Å². The van der Waals surface area contributed by atoms with Crippen LogP contribution in [0.3, 0.4) is 0 Å². The molecule has 8 saturated heterocycles. The molecule has 8 fully saturated rings. The fraction of sp³-hybridized carbons (Fsp3) is 0.448. The van der Waals surface area contributed by atoms with Gasteiger partial charge in [-0.3, -0.25) is 0 Å². The number of hydrogen-bond donors (Lipinski definition) is 0. The highest BCUT2D eigenvalue weighted by Gasteiger charge is 2.36. The third kappa shape index (κ3) is 16.7. The number of benzene rings is 8. The van der Waals surface area contributed by atoms with Gasteiger partial charge in [-0.2, -0.15) is 0 Å². The fourth-order valence-corrected chi connectivity index (χ4v) is 13.7. The normalized spacial score (nSPS) is 22.2. The zero-order valence-electron chi connectivity index (χ0n) is 60.6. The van der Waals surface area contributed by atoms with Crippen molar-refractivity contribution in [3.05, 3.63) is 236 Å². The standard InChI is InChI=1S/C87H96O16/c1-84(2,60-9-19-68(20-10-60)90-42-72-44-92-72)64-17-27-78(98-50-74-46-94-74)54(36-64)33-57-39-67(87(7,8)63-15-25-71(26-16-63)103-81-30-32-89-81)41-59(83(57)101-53-77-49-97-77)35-58-40-66(86(5,6)62-11-21-69(22-12-62)91-43-73-45-93-73)38-56(82(58)100-52-76-48-96-76)34-55-37-65(18-28-79(55)99-51-75-47-95-75)85(3,4)61-13-23-70(24-14-61)102-80-29-31-88-80/h9-28,36-41,72-77,80-81H,29-35,42-53H2,1-8H3. The van der Waals surface area contributed by atoms with E-state index in [1.54, 1.807) is 0 Å². The van der Waals surface area contributed by atoms with Crippen LogP contribution in [0.2, 0.25) is 0 Å². The summed E-state index contributed by atoms with van der Waals surface area (Å²) in [6, 6.07) is 56.8. The average molecular weight is 1400 g/mol. The van der Waals surface area contributed by atoms with Crippen LogP contribution in [0.15, 0.2) is 158 Å². The summed E-state index contributed by atoms with van der Waals surface area (Å²) in [5, 5.41) is 0. The summed E-state index contributed by atoms with van der Waals surface area (Å²) in [6.07, 6.45) is 3.01. The van der Waals surface area contributed by atoms with Crippen LogP contribution in [0.1, 0.15) is 146 Å². The van der Waals surface area contributed by atoms with Crippen molar-refractivity contribution < 1.29 is 75.8 Å². The summed E-state index contributed by atoms with van der Waals surface area (Å²) in [6.45, 7) is 26.6. The molecule has 103 heavy (non-hydrogen) atoms. The average Bonchev–Trinajstić information content (AvgIpc) is 1.76. The summed E-state index contributed by atoms with van der Waals surface area (Å²) in [4.78, 5) is 0. The monoisotopic (exact) mass is 1400 g/mol. The van der Waals surface area contributed by atoms with E-state index in [1.165, 1.54) is 0 Å². The highest BCUT2D eigenvalue weighted by molar-refractivity contribution is 5.60. The molecular formula is C87H96O16. The van der Waals surface area contributed by atoms with E-state index in [4.69, 9.17) is 75.8 Å². The van der Waals surface area contributed by atoms with Crippen molar-refractivity contribution in [2.24, 2.45) is 0 Å². The molecule has 16 heteroatoms. The molecule has 0 bridgehead atoms. The summed E-state index contributed by atoms with van der Waals surface area (Å²) < 4.78 is 98.8. The second kappa shape index (κ2) is 29.1. The molecule has 8 aliphatic rings. The van der Waals surface area contributed by atoms with Gasteiger partial charge in [0.05, 0.1) is 52.9 Å². The molecule has 8 aromatic rings. The molecule has 0 radical (unpaired) electrons. The quantitative estimate of drug-likeness (QED) is 0.0340. The first kappa shape index (κ1) is 69.2. The largest absolute Gasteiger partial charge is 0.491 e. The lowest BCUT2D eigenvalue weighted by atomic mass is 9.75. The topological polar surface area (TPSA) is 167 Å². The van der Waals surface area contributed by atoms with Gasteiger partial charge < -0.3 is 75.8 Å². The van der Waals surface area contributed by atoms with Crippen molar-refractivity contribution in [3.8, 4) is 46.0 Å². The predicted octanol–water partition coefficient (Wildman–Crippen LogP) is 14.7. The molecule has 8 aliphatic heterocycles. The Morgan fingerprint density at radius 1 is 0.272 bits per heavy atom. The molecule has 8 unspecified atom stereocenters. The molecule has 0 saturated carbocycles. The molecule has 0 aliphatic carbocycles. The van der Waals surface area contributed by atoms with Crippen molar-refractivity contribution in [1.82, 2.24) is 0 Å². The van der Waals surface area contributed by atoms with E-state index in [0.29, 0.717) is 91.9 Å². The highest BCUT2D eigenvalue weighted by atomic mass is 16.7. The smallest absolute Gasteiger partial charge is 0.202 e. The lowest BCUT2D eigenvalue weighted by Gasteiger charge is -2.31. The minimum Gasteiger partial charge on any atom is -0.491 e. The van der Waals surface area contributed by atoms with Crippen LogP contribution < -0.4 is 37.9 Å². The molecule has 0 N–H and O–H groups in total. The van der Waals surface area contributed by atoms with Crippen LogP contribution in [0, 0.1) is 0 Å². The number of hydrogen-bond acceptors (Lipinski definition) is 16. The minimum absolute atomic E-state index is 0.0415. The van der Waals surface area contributed by atoms with Gasteiger partial charge in [0.1, 0.15) is 122 Å². The molecule has 540 valence electrons. The summed E-state index contributed by atoms with van der Waals surface area (Å²) in [7, 11) is 0. The van der Waals surface area contributed by atoms with Crippen molar-refractivity contribution in [2.75, 3.05) is 92.5 Å². The van der Waals surface area contributed by atoms with Crippen LogP contribution in [0.5, 0.6) is 46.0 Å². The van der Waals surface area contributed by atoms with Crippen LogP contribution in [0.25, 0.3) is 0 Å². The Morgan fingerprint density at radius 2 is 0.515 bits per heavy atom. The first-order valence-electron chi connectivity index (χ1n) is 36.9. The summed E-state index contributed by atoms with van der Waals surface area (Å²) in [5.41, 5.74) is 13.3. The molecule has 0 amide bonds. The third-order valence-corrected chi connectivity index (χ3v) is 21.8. The maximum atomic E-state index is 7.36. The molecule has 16 nitrogen and oxygen atoms in total. The van der Waals surface area contributed by atoms with E-state index in [0.717, 1.165) is 157 Å². The Morgan fingerprint density at radius 3 is 0.796 bits per heavy atom. The van der Waals surface area contributed by atoms with Crippen LogP contribution in [-0.2, 0) is 78.8 Å². The maximum absolute atomic E-state index is 7.36. The maximum Gasteiger partial charge on any atom is 0.202 e. The van der Waals surface area contributed by atoms with Crippen molar-refractivity contribution in [3.63, 3.8) is 0 Å². The van der Waals surface area contributed by atoms with E-state index >= 15 is 0 Å². The fourth-order valence-electron chi connectivity index (χ4n) is 13.7. The lowest BCUT2D eigenvalue weighted by Crippen LogP contribution is -2.32. The Bertz CT molecular complexity index is 4260. The zero-order valence-corrected chi connectivity index (χ0v) is 60.6. The van der Waals surface area contributed by atoms with Gasteiger partial charge in [0.15, 0.2) is 0 Å². The zero-order chi connectivity index (χ0) is 70.5. The van der Waals surface area contributed by atoms with Gasteiger partial charge in [0, 0.05) is 53.8 Å². The first-order chi connectivity index (χ1) is 49.9. The van der Waals surface area contributed by atoms with E-state index in [-0.39, 0.29) is 49.2 Å². The van der Waals surface area contributed by atoms with Gasteiger partial charge in [-0.05, 0) is 139 Å². The highest BCUT2D eigenvalue weighted by Crippen LogP contribution is 2.46. The lowest BCUT2D eigenvalue weighted by molar-refractivity contribution is -0.165. The predicted molar refractivity (Wildman–Crippen MR) is 390 cm³/mol. The number of rotatable bonds is 36. The Kier molecular flexibility index (Phi) is 19.5. The molecule has 16 rings (SSSR count). The number of ether oxygens (including phenoxy) is 16. The first-order valence-corrected chi connectivity index (χ1v) is 36.9. The van der Waals surface area contributed by atoms with Gasteiger partial charge in [0.2, 0.25) is 12.6 Å². The van der Waals surface area contributed by atoms with Crippen molar-refractivity contribution in [2.45, 2.75) is 158 Å². The van der Waals surface area contributed by atoms with E-state index in [9.17, 15) is 0 Å². The molecule has 8 aromatic carbocycles. The van der Waals surface area contributed by atoms with Gasteiger partial charge >= 0.3 is 0 Å². The van der Waals surface area contributed by atoms with Crippen LogP contribution >= 0.6 is 0 Å². The number of epoxide rings is 6. The van der Waals surface area contributed by atoms with Crippen molar-refractivity contribution >= 4 is 0 Å². The van der Waals surface area contributed by atoms with Crippen LogP contribution in [-0.4, -0.2) is 142 Å². The SMILES string of the molecule is CC(C)(c1ccc(OC2CCO2)cc1)c1ccc(OCC2CO2)c(Cc2cc(C(C)(C)c3ccc(OCC4CO4)cc3)cc(Cc3cc(C(C)(C)c4ccc(OC5CCO5)cc4)cc(Cc4cc(C(C)(C)c5ccc(OCC6CO6)cc5)ccc4OCC4CO4)c3OCC3CO3)c2OCC2CO2)c1. The van der Waals surface area contributed by atoms with Gasteiger partial charge in [0.25, 0.3) is 0 Å².